The smallest absolute Gasteiger partial charge is 0.0860 e. The summed E-state index contributed by atoms with van der Waals surface area (Å²) in [4.78, 5) is 4.06. The van der Waals surface area contributed by atoms with Crippen LogP contribution in [0.3, 0.4) is 0 Å². The molecule has 2 N–H and O–H groups in total. The van der Waals surface area contributed by atoms with Gasteiger partial charge in [0, 0.05) is 5.56 Å². The predicted molar refractivity (Wildman–Crippen MR) is 58.2 cm³/mol. The van der Waals surface area contributed by atoms with Crippen molar-refractivity contribution < 1.29 is 0 Å². The van der Waals surface area contributed by atoms with Gasteiger partial charge in [-0.2, -0.15) is 0 Å². The van der Waals surface area contributed by atoms with Gasteiger partial charge in [-0.05, 0) is 31.6 Å². The average molecular weight is 174 g/mol. The Morgan fingerprint density at radius 2 is 2.23 bits per heavy atom. The van der Waals surface area contributed by atoms with Gasteiger partial charge >= 0.3 is 0 Å². The molecule has 0 aliphatic heterocycles. The van der Waals surface area contributed by atoms with Gasteiger partial charge in [0.05, 0.1) is 12.0 Å². The quantitative estimate of drug-likeness (QED) is 0.543. The third-order valence-electron chi connectivity index (χ3n) is 1.83. The van der Waals surface area contributed by atoms with Crippen molar-refractivity contribution in [2.45, 2.75) is 13.8 Å². The van der Waals surface area contributed by atoms with Crippen molar-refractivity contribution in [3.63, 3.8) is 0 Å². The minimum atomic E-state index is 0.876. The molecular formula is C11H14N2. The van der Waals surface area contributed by atoms with E-state index in [0.717, 1.165) is 16.8 Å². The molecule has 0 spiro atoms. The van der Waals surface area contributed by atoms with Crippen LogP contribution in [0.4, 0.5) is 5.69 Å². The summed E-state index contributed by atoms with van der Waals surface area (Å²) in [6, 6.07) is 6.02. The van der Waals surface area contributed by atoms with E-state index in [2.05, 4.69) is 17.6 Å². The fraction of sp³-hybridized carbons (Fsp3) is 0.182. The summed E-state index contributed by atoms with van der Waals surface area (Å²) in [7, 11) is 0. The molecule has 0 atom stereocenters. The Labute approximate surface area is 78.8 Å². The number of hydrogen-bond acceptors (Lipinski definition) is 1. The third-order valence-corrected chi connectivity index (χ3v) is 1.83. The number of aryl methyl sites for hydroxylation is 1. The molecule has 2 heteroatoms. The number of benzene rings is 1. The number of allylic oxidation sites excluding steroid dienone is 1. The minimum Gasteiger partial charge on any atom is -0.390 e. The van der Waals surface area contributed by atoms with Gasteiger partial charge in [-0.15, -0.1) is 0 Å². The van der Waals surface area contributed by atoms with Crippen LogP contribution in [0, 0.1) is 6.92 Å². The second-order valence-electron chi connectivity index (χ2n) is 3.08. The summed E-state index contributed by atoms with van der Waals surface area (Å²) in [5.74, 6) is 0. The maximum Gasteiger partial charge on any atom is 0.0860 e. The molecule has 0 radical (unpaired) electrons. The maximum atomic E-state index is 5.25. The van der Waals surface area contributed by atoms with Gasteiger partial charge in [-0.25, -0.2) is 4.99 Å². The van der Waals surface area contributed by atoms with Crippen molar-refractivity contribution in [3.05, 3.63) is 35.9 Å². The summed E-state index contributed by atoms with van der Waals surface area (Å²) in [5, 5.41) is 0. The Balaban J connectivity index is 3.26. The summed E-state index contributed by atoms with van der Waals surface area (Å²) >= 11 is 0. The van der Waals surface area contributed by atoms with E-state index in [1.165, 1.54) is 11.9 Å². The SMILES string of the molecule is C=C(C)c1cc(C)ccc1N=CN. The fourth-order valence-electron chi connectivity index (χ4n) is 1.18. The van der Waals surface area contributed by atoms with E-state index in [4.69, 9.17) is 5.73 Å². The lowest BCUT2D eigenvalue weighted by Gasteiger charge is -2.05. The highest BCUT2D eigenvalue weighted by atomic mass is 14.8. The molecule has 0 bridgehead atoms. The van der Waals surface area contributed by atoms with Crippen LogP contribution in [0.15, 0.2) is 29.8 Å². The molecule has 0 fully saturated rings. The topological polar surface area (TPSA) is 38.4 Å². The highest BCUT2D eigenvalue weighted by molar-refractivity contribution is 5.75. The summed E-state index contributed by atoms with van der Waals surface area (Å²) < 4.78 is 0. The summed E-state index contributed by atoms with van der Waals surface area (Å²) in [6.45, 7) is 7.90. The van der Waals surface area contributed by atoms with Gasteiger partial charge in [0.15, 0.2) is 0 Å². The van der Waals surface area contributed by atoms with E-state index in [-0.39, 0.29) is 0 Å². The number of hydrogen-bond donors (Lipinski definition) is 1. The lowest BCUT2D eigenvalue weighted by molar-refractivity contribution is 1.40. The normalized spacial score (nSPS) is 10.6. The molecule has 0 amide bonds. The van der Waals surface area contributed by atoms with Gasteiger partial charge in [-0.3, -0.25) is 0 Å². The van der Waals surface area contributed by atoms with Crippen molar-refractivity contribution >= 4 is 17.6 Å². The van der Waals surface area contributed by atoms with Gasteiger partial charge in [0.25, 0.3) is 0 Å². The van der Waals surface area contributed by atoms with E-state index in [1.807, 2.05) is 26.0 Å². The molecule has 0 aliphatic carbocycles. The first-order chi connectivity index (χ1) is 6.15. The monoisotopic (exact) mass is 174 g/mol. The highest BCUT2D eigenvalue weighted by Crippen LogP contribution is 2.25. The molecule has 0 saturated heterocycles. The van der Waals surface area contributed by atoms with Crippen molar-refractivity contribution in [3.8, 4) is 0 Å². The largest absolute Gasteiger partial charge is 0.390 e. The van der Waals surface area contributed by atoms with Crippen LogP contribution in [0.25, 0.3) is 5.57 Å². The first kappa shape index (κ1) is 9.52. The second-order valence-corrected chi connectivity index (χ2v) is 3.08. The molecule has 2 nitrogen and oxygen atoms in total. The number of rotatable bonds is 2. The summed E-state index contributed by atoms with van der Waals surface area (Å²) in [6.07, 6.45) is 1.30. The molecule has 68 valence electrons. The lowest BCUT2D eigenvalue weighted by atomic mass is 10.0. The lowest BCUT2D eigenvalue weighted by Crippen LogP contribution is -1.89. The molecule has 0 heterocycles. The van der Waals surface area contributed by atoms with Gasteiger partial charge < -0.3 is 5.73 Å². The van der Waals surface area contributed by atoms with Crippen LogP contribution in [-0.2, 0) is 0 Å². The maximum absolute atomic E-state index is 5.25. The molecular weight excluding hydrogens is 160 g/mol. The molecule has 1 aromatic rings. The van der Waals surface area contributed by atoms with Crippen LogP contribution < -0.4 is 5.73 Å². The van der Waals surface area contributed by atoms with Gasteiger partial charge in [0.2, 0.25) is 0 Å². The summed E-state index contributed by atoms with van der Waals surface area (Å²) in [5.41, 5.74) is 9.39. The molecule has 0 saturated carbocycles. The Hall–Kier alpha value is -1.57. The number of aliphatic imine (C=N–C) groups is 1. The number of nitrogens with zero attached hydrogens (tertiary/aromatic N) is 1. The van der Waals surface area contributed by atoms with Gasteiger partial charge in [0.1, 0.15) is 0 Å². The van der Waals surface area contributed by atoms with E-state index in [9.17, 15) is 0 Å². The van der Waals surface area contributed by atoms with Crippen molar-refractivity contribution in [1.29, 1.82) is 0 Å². The molecule has 1 rings (SSSR count). The minimum absolute atomic E-state index is 0.876. The van der Waals surface area contributed by atoms with E-state index >= 15 is 0 Å². The first-order valence-electron chi connectivity index (χ1n) is 4.16. The highest BCUT2D eigenvalue weighted by Gasteiger charge is 2.00. The third kappa shape index (κ3) is 2.18. The zero-order chi connectivity index (χ0) is 9.84. The van der Waals surface area contributed by atoms with Crippen LogP contribution in [0.5, 0.6) is 0 Å². The van der Waals surface area contributed by atoms with Crippen LogP contribution in [0.2, 0.25) is 0 Å². The zero-order valence-corrected chi connectivity index (χ0v) is 8.04. The van der Waals surface area contributed by atoms with E-state index in [1.54, 1.807) is 0 Å². The van der Waals surface area contributed by atoms with Crippen molar-refractivity contribution in [1.82, 2.24) is 0 Å². The van der Waals surface area contributed by atoms with Crippen molar-refractivity contribution in [2.24, 2.45) is 10.7 Å². The molecule has 0 unspecified atom stereocenters. The zero-order valence-electron chi connectivity index (χ0n) is 8.04. The Kier molecular flexibility index (Phi) is 2.85. The van der Waals surface area contributed by atoms with Crippen molar-refractivity contribution in [2.75, 3.05) is 0 Å². The van der Waals surface area contributed by atoms with E-state index in [0.29, 0.717) is 0 Å². The average Bonchev–Trinajstić information content (AvgIpc) is 2.08. The number of nitrogens with two attached hydrogens (primary N) is 1. The predicted octanol–water partition coefficient (Wildman–Crippen LogP) is 2.65. The Morgan fingerprint density at radius 1 is 1.54 bits per heavy atom. The van der Waals surface area contributed by atoms with E-state index < -0.39 is 0 Å². The Morgan fingerprint density at radius 3 is 2.77 bits per heavy atom. The first-order valence-corrected chi connectivity index (χ1v) is 4.16. The van der Waals surface area contributed by atoms with Crippen LogP contribution in [0.1, 0.15) is 18.1 Å². The van der Waals surface area contributed by atoms with Crippen LogP contribution >= 0.6 is 0 Å². The Bertz CT molecular complexity index is 351. The standard InChI is InChI=1S/C11H14N2/c1-8(2)10-6-9(3)4-5-11(10)13-7-12/h4-7H,1H2,2-3H3,(H2,12,13). The molecule has 13 heavy (non-hydrogen) atoms. The van der Waals surface area contributed by atoms with Gasteiger partial charge in [-0.1, -0.05) is 18.2 Å². The molecule has 0 aliphatic rings. The molecule has 0 aromatic heterocycles. The second kappa shape index (κ2) is 3.90. The fourth-order valence-corrected chi connectivity index (χ4v) is 1.18. The van der Waals surface area contributed by atoms with Crippen LogP contribution in [-0.4, -0.2) is 6.34 Å². The molecule has 1 aromatic carbocycles.